The summed E-state index contributed by atoms with van der Waals surface area (Å²) in [5, 5.41) is 26.1. The summed E-state index contributed by atoms with van der Waals surface area (Å²) < 4.78 is 6.41. The summed E-state index contributed by atoms with van der Waals surface area (Å²) in [4.78, 5) is 15.7. The summed E-state index contributed by atoms with van der Waals surface area (Å²) in [5.74, 6) is 1.24. The Labute approximate surface area is 189 Å². The molecule has 4 atom stereocenters. The van der Waals surface area contributed by atoms with Crippen molar-refractivity contribution >= 4 is 5.91 Å². The average Bonchev–Trinajstić information content (AvgIpc) is 3.52. The molecule has 0 radical (unpaired) electrons. The highest BCUT2D eigenvalue weighted by Crippen LogP contribution is 2.65. The van der Waals surface area contributed by atoms with E-state index >= 15 is 0 Å². The fourth-order valence-corrected chi connectivity index (χ4v) is 7.00. The van der Waals surface area contributed by atoms with Gasteiger partial charge in [-0.15, -0.1) is 0 Å². The molecule has 0 aromatic heterocycles. The van der Waals surface area contributed by atoms with Gasteiger partial charge < -0.3 is 20.3 Å². The van der Waals surface area contributed by atoms with E-state index in [1.165, 1.54) is 12.8 Å². The highest BCUT2D eigenvalue weighted by Gasteiger charge is 2.72. The first kappa shape index (κ1) is 20.5. The molecule has 32 heavy (non-hydrogen) atoms. The van der Waals surface area contributed by atoms with Crippen LogP contribution in [0.15, 0.2) is 23.8 Å². The highest BCUT2D eigenvalue weighted by molar-refractivity contribution is 5.96. The smallest absolute Gasteiger partial charge is 0.250 e. The third-order valence-corrected chi connectivity index (χ3v) is 8.76. The minimum absolute atomic E-state index is 0.0105. The maximum atomic E-state index is 13.2. The molecular weight excluding hydrogens is 404 g/mol. The number of unbranched alkanes of at least 4 members (excludes halogenated alkanes) is 2. The summed E-state index contributed by atoms with van der Waals surface area (Å²) in [5.41, 5.74) is 1.05. The average molecular weight is 439 g/mol. The zero-order chi connectivity index (χ0) is 22.1. The van der Waals surface area contributed by atoms with Crippen molar-refractivity contribution in [2.45, 2.75) is 81.5 Å². The predicted octanol–water partition coefficient (Wildman–Crippen LogP) is 2.80. The van der Waals surface area contributed by atoms with Crippen molar-refractivity contribution < 1.29 is 19.7 Å². The van der Waals surface area contributed by atoms with Crippen LogP contribution >= 0.6 is 0 Å². The molecule has 2 fully saturated rings. The van der Waals surface area contributed by atoms with Crippen LogP contribution < -0.4 is 10.1 Å². The van der Waals surface area contributed by atoms with Gasteiger partial charge in [0.1, 0.15) is 6.10 Å². The Morgan fingerprint density at radius 1 is 1.31 bits per heavy atom. The van der Waals surface area contributed by atoms with Crippen LogP contribution in [-0.4, -0.2) is 58.4 Å². The van der Waals surface area contributed by atoms with E-state index < -0.39 is 17.1 Å². The number of aromatic hydroxyl groups is 1. The second-order valence-electron chi connectivity index (χ2n) is 10.6. The van der Waals surface area contributed by atoms with E-state index in [2.05, 4.69) is 17.1 Å². The standard InChI is InChI=1S/C26H34N2O4/c1-2-3-4-12-27-24(30)18-9-10-26(31)20-14-17-7-8-19(29)22-21(17)25(26,23(18)32-22)11-13-28(20)15-16-5-6-16/h7-9,16,20,23,29,31H,2-6,10-15H2,1H3,(H,27,30)/t20-,23+,25+,26-/m1/s1. The van der Waals surface area contributed by atoms with Crippen molar-refractivity contribution in [2.24, 2.45) is 5.92 Å². The number of phenolic OH excluding ortho intramolecular Hbond substituents is 1. The number of piperidine rings is 1. The molecule has 0 unspecified atom stereocenters. The summed E-state index contributed by atoms with van der Waals surface area (Å²) in [6.07, 6.45) is 9.03. The lowest BCUT2D eigenvalue weighted by Crippen LogP contribution is -2.75. The normalized spacial score (nSPS) is 34.5. The van der Waals surface area contributed by atoms with Crippen molar-refractivity contribution in [2.75, 3.05) is 19.6 Å². The van der Waals surface area contributed by atoms with Crippen LogP contribution in [-0.2, 0) is 16.6 Å². The van der Waals surface area contributed by atoms with Crippen LogP contribution in [0.2, 0.25) is 0 Å². The van der Waals surface area contributed by atoms with Crippen molar-refractivity contribution in [1.82, 2.24) is 10.2 Å². The molecule has 1 aromatic carbocycles. The van der Waals surface area contributed by atoms with Crippen molar-refractivity contribution in [3.8, 4) is 11.5 Å². The molecule has 6 nitrogen and oxygen atoms in total. The van der Waals surface area contributed by atoms with Gasteiger partial charge in [0.25, 0.3) is 5.91 Å². The van der Waals surface area contributed by atoms with Crippen LogP contribution in [0.3, 0.4) is 0 Å². The number of hydrogen-bond acceptors (Lipinski definition) is 5. The number of carbonyl (C=O) groups is 1. The lowest BCUT2D eigenvalue weighted by molar-refractivity contribution is -0.165. The van der Waals surface area contributed by atoms with Gasteiger partial charge in [-0.1, -0.05) is 31.9 Å². The van der Waals surface area contributed by atoms with Crippen molar-refractivity contribution in [1.29, 1.82) is 0 Å². The van der Waals surface area contributed by atoms with Gasteiger partial charge in [-0.05, 0) is 62.6 Å². The molecule has 1 amide bonds. The molecular formula is C26H34N2O4. The molecule has 3 N–H and O–H groups in total. The summed E-state index contributed by atoms with van der Waals surface area (Å²) in [7, 11) is 0. The number of likely N-dealkylation sites (tertiary alicyclic amines) is 1. The van der Waals surface area contributed by atoms with E-state index in [-0.39, 0.29) is 17.7 Å². The topological polar surface area (TPSA) is 82.0 Å². The third kappa shape index (κ3) is 2.69. The van der Waals surface area contributed by atoms with Crippen LogP contribution in [0.1, 0.15) is 63.0 Å². The van der Waals surface area contributed by atoms with E-state index in [9.17, 15) is 15.0 Å². The fourth-order valence-electron chi connectivity index (χ4n) is 7.00. The first-order valence-corrected chi connectivity index (χ1v) is 12.5. The number of benzene rings is 1. The number of nitrogens with one attached hydrogen (secondary N) is 1. The SMILES string of the molecule is CCCCCNC(=O)C1=CC[C@@]2(O)[C@H]3Cc4ccc(O)c5c4[C@@]2(CCN3CC2CC2)[C@H]1O5. The zero-order valence-electron chi connectivity index (χ0n) is 18.9. The summed E-state index contributed by atoms with van der Waals surface area (Å²) in [6.45, 7) is 4.73. The number of phenols is 1. The molecule has 3 aliphatic carbocycles. The first-order valence-electron chi connectivity index (χ1n) is 12.5. The minimum Gasteiger partial charge on any atom is -0.504 e. The molecule has 1 spiro atoms. The van der Waals surface area contributed by atoms with Crippen molar-refractivity contribution in [3.63, 3.8) is 0 Å². The molecule has 2 aliphatic heterocycles. The Kier molecular flexibility index (Phi) is 4.64. The molecule has 2 bridgehead atoms. The van der Waals surface area contributed by atoms with Crippen LogP contribution in [0.5, 0.6) is 11.5 Å². The molecule has 1 saturated heterocycles. The summed E-state index contributed by atoms with van der Waals surface area (Å²) >= 11 is 0. The second kappa shape index (κ2) is 7.22. The van der Waals surface area contributed by atoms with Gasteiger partial charge >= 0.3 is 0 Å². The summed E-state index contributed by atoms with van der Waals surface area (Å²) in [6, 6.07) is 3.72. The molecule has 2 heterocycles. The number of amides is 1. The second-order valence-corrected chi connectivity index (χ2v) is 10.6. The van der Waals surface area contributed by atoms with Gasteiger partial charge in [0.15, 0.2) is 11.5 Å². The van der Waals surface area contributed by atoms with E-state index in [1.54, 1.807) is 6.07 Å². The van der Waals surface area contributed by atoms with Gasteiger partial charge in [-0.2, -0.15) is 0 Å². The van der Waals surface area contributed by atoms with E-state index in [1.807, 2.05) is 12.1 Å². The van der Waals surface area contributed by atoms with Crippen LogP contribution in [0, 0.1) is 5.92 Å². The number of nitrogens with zero attached hydrogens (tertiary/aromatic N) is 1. The van der Waals surface area contributed by atoms with Crippen molar-refractivity contribution in [3.05, 3.63) is 34.9 Å². The lowest BCUT2D eigenvalue weighted by Gasteiger charge is -2.62. The third-order valence-electron chi connectivity index (χ3n) is 8.76. The molecule has 6 rings (SSSR count). The molecule has 5 aliphatic rings. The monoisotopic (exact) mass is 438 g/mol. The maximum Gasteiger partial charge on any atom is 0.250 e. The molecule has 1 aromatic rings. The van der Waals surface area contributed by atoms with E-state index in [0.717, 1.165) is 62.2 Å². The lowest BCUT2D eigenvalue weighted by atomic mass is 9.49. The van der Waals surface area contributed by atoms with Gasteiger partial charge in [-0.25, -0.2) is 0 Å². The Bertz CT molecular complexity index is 986. The Morgan fingerprint density at radius 2 is 2.16 bits per heavy atom. The Morgan fingerprint density at radius 3 is 2.94 bits per heavy atom. The Hall–Kier alpha value is -2.05. The number of ether oxygens (including phenoxy) is 1. The highest BCUT2D eigenvalue weighted by atomic mass is 16.5. The predicted molar refractivity (Wildman–Crippen MR) is 121 cm³/mol. The van der Waals surface area contributed by atoms with Gasteiger partial charge in [0, 0.05) is 24.7 Å². The largest absolute Gasteiger partial charge is 0.504 e. The fraction of sp³-hybridized carbons (Fsp3) is 0.654. The van der Waals surface area contributed by atoms with Gasteiger partial charge in [0.2, 0.25) is 0 Å². The first-order chi connectivity index (χ1) is 15.5. The minimum atomic E-state index is -0.997. The number of aliphatic hydroxyl groups is 1. The zero-order valence-corrected chi connectivity index (χ0v) is 18.9. The number of rotatable bonds is 7. The van der Waals surface area contributed by atoms with Gasteiger partial charge in [-0.3, -0.25) is 9.69 Å². The molecule has 172 valence electrons. The van der Waals surface area contributed by atoms with E-state index in [0.29, 0.717) is 24.3 Å². The number of carbonyl (C=O) groups excluding carboxylic acids is 1. The molecule has 1 saturated carbocycles. The van der Waals surface area contributed by atoms with Gasteiger partial charge in [0.05, 0.1) is 16.6 Å². The van der Waals surface area contributed by atoms with E-state index in [4.69, 9.17) is 4.74 Å². The van der Waals surface area contributed by atoms with Crippen LogP contribution in [0.4, 0.5) is 0 Å². The molecule has 6 heteroatoms. The number of hydrogen-bond donors (Lipinski definition) is 3. The maximum absolute atomic E-state index is 13.2. The Balaban J connectivity index is 1.41. The quantitative estimate of drug-likeness (QED) is 0.571. The van der Waals surface area contributed by atoms with Crippen LogP contribution in [0.25, 0.3) is 0 Å².